The van der Waals surface area contributed by atoms with Crippen LogP contribution in [0.15, 0.2) is 35.6 Å². The minimum atomic E-state index is -0.636. The fraction of sp³-hybridized carbons (Fsp3) is 0.458. The lowest BCUT2D eigenvalue weighted by molar-refractivity contribution is -0.129. The van der Waals surface area contributed by atoms with E-state index in [0.29, 0.717) is 23.7 Å². The van der Waals surface area contributed by atoms with Crippen molar-refractivity contribution in [1.29, 1.82) is 0 Å². The van der Waals surface area contributed by atoms with E-state index in [4.69, 9.17) is 0 Å². The summed E-state index contributed by atoms with van der Waals surface area (Å²) in [5.74, 6) is -1.28. The number of hydrogen-bond donors (Lipinski definition) is 1. The maximum atomic E-state index is 13.5. The molecule has 0 spiro atoms. The summed E-state index contributed by atoms with van der Waals surface area (Å²) in [6.45, 7) is 10.6. The summed E-state index contributed by atoms with van der Waals surface area (Å²) in [6.07, 6.45) is 0. The van der Waals surface area contributed by atoms with Gasteiger partial charge in [0, 0.05) is 32.9 Å². The Morgan fingerprint density at radius 2 is 1.78 bits per heavy atom. The molecule has 7 nitrogen and oxygen atoms in total. The summed E-state index contributed by atoms with van der Waals surface area (Å²) in [6, 6.07) is 7.13. The first kappa shape index (κ1) is 23.9. The Kier molecular flexibility index (Phi) is 7.36. The number of hydrogen-bond acceptors (Lipinski definition) is 7. The molecule has 3 rings (SSSR count). The Bertz CT molecular complexity index is 1020. The van der Waals surface area contributed by atoms with E-state index >= 15 is 0 Å². The molecule has 32 heavy (non-hydrogen) atoms. The number of ketones is 1. The van der Waals surface area contributed by atoms with Gasteiger partial charge in [-0.1, -0.05) is 26.0 Å². The second-order valence-electron chi connectivity index (χ2n) is 8.15. The highest BCUT2D eigenvalue weighted by atomic mass is 32.1. The second-order valence-corrected chi connectivity index (χ2v) is 9.36. The maximum absolute atomic E-state index is 13.5. The zero-order valence-electron chi connectivity index (χ0n) is 19.7. The van der Waals surface area contributed by atoms with E-state index < -0.39 is 17.7 Å². The topological polar surface area (TPSA) is 77.0 Å². The molecule has 1 aliphatic heterocycles. The Labute approximate surface area is 194 Å². The van der Waals surface area contributed by atoms with Gasteiger partial charge < -0.3 is 19.8 Å². The van der Waals surface area contributed by atoms with E-state index in [1.165, 1.54) is 11.3 Å². The molecule has 1 atom stereocenters. The standard InChI is InChI=1S/C24H32N4O3S/c1-7-27(8-2)13-14-28-20(17-9-11-18(12-10-17)26(5)6)19(22(30)24(28)31)21(29)23-15(3)25-16(4)32-23/h9-12,20,30H,7-8,13-14H2,1-6H3. The fourth-order valence-corrected chi connectivity index (χ4v) is 4.94. The number of carbonyl (C=O) groups is 2. The van der Waals surface area contributed by atoms with E-state index in [2.05, 4.69) is 23.7 Å². The third kappa shape index (κ3) is 4.56. The molecular weight excluding hydrogens is 424 g/mol. The van der Waals surface area contributed by atoms with Gasteiger partial charge in [-0.25, -0.2) is 4.98 Å². The van der Waals surface area contributed by atoms with Gasteiger partial charge in [0.2, 0.25) is 5.78 Å². The van der Waals surface area contributed by atoms with Crippen molar-refractivity contribution < 1.29 is 14.7 Å². The molecule has 0 radical (unpaired) electrons. The van der Waals surface area contributed by atoms with Gasteiger partial charge in [-0.15, -0.1) is 11.3 Å². The van der Waals surface area contributed by atoms with Crippen LogP contribution in [0, 0.1) is 13.8 Å². The van der Waals surface area contributed by atoms with Gasteiger partial charge in [-0.3, -0.25) is 9.59 Å². The number of amides is 1. The lowest BCUT2D eigenvalue weighted by Gasteiger charge is -2.29. The number of carbonyl (C=O) groups excluding carboxylic acids is 2. The number of thiazole rings is 1. The van der Waals surface area contributed by atoms with Gasteiger partial charge >= 0.3 is 0 Å². The molecule has 1 amide bonds. The number of nitrogens with zero attached hydrogens (tertiary/aromatic N) is 4. The van der Waals surface area contributed by atoms with Gasteiger partial charge in [-0.2, -0.15) is 0 Å². The molecule has 2 heterocycles. The van der Waals surface area contributed by atoms with Gasteiger partial charge in [0.05, 0.1) is 27.2 Å². The summed E-state index contributed by atoms with van der Waals surface area (Å²) in [7, 11) is 3.92. The van der Waals surface area contributed by atoms with Crippen molar-refractivity contribution in [2.75, 3.05) is 45.2 Å². The van der Waals surface area contributed by atoms with Crippen LogP contribution in [-0.2, 0) is 4.79 Å². The zero-order chi connectivity index (χ0) is 23.6. The number of anilines is 1. The number of aliphatic hydroxyl groups is 1. The molecule has 1 N–H and O–H groups in total. The van der Waals surface area contributed by atoms with Crippen molar-refractivity contribution in [3.63, 3.8) is 0 Å². The van der Waals surface area contributed by atoms with Crippen molar-refractivity contribution in [2.24, 2.45) is 0 Å². The van der Waals surface area contributed by atoms with Crippen LogP contribution < -0.4 is 4.90 Å². The van der Waals surface area contributed by atoms with Gasteiger partial charge in [0.15, 0.2) is 5.76 Å². The molecule has 2 aromatic rings. The highest BCUT2D eigenvalue weighted by molar-refractivity contribution is 7.14. The van der Waals surface area contributed by atoms with Gasteiger partial charge in [0.1, 0.15) is 0 Å². The van der Waals surface area contributed by atoms with Crippen LogP contribution in [0.5, 0.6) is 0 Å². The summed E-state index contributed by atoms with van der Waals surface area (Å²) < 4.78 is 0. The number of aromatic nitrogens is 1. The number of aliphatic hydroxyl groups excluding tert-OH is 1. The Morgan fingerprint density at radius 1 is 1.16 bits per heavy atom. The fourth-order valence-electron chi connectivity index (χ4n) is 4.07. The van der Waals surface area contributed by atoms with Crippen molar-refractivity contribution in [2.45, 2.75) is 33.7 Å². The lowest BCUT2D eigenvalue weighted by Crippen LogP contribution is -2.38. The monoisotopic (exact) mass is 456 g/mol. The number of benzene rings is 1. The molecule has 1 aliphatic rings. The first-order chi connectivity index (χ1) is 15.2. The number of Topliss-reactive ketones (excluding diaryl/α,β-unsaturated/α-hetero) is 1. The zero-order valence-corrected chi connectivity index (χ0v) is 20.5. The largest absolute Gasteiger partial charge is 0.503 e. The third-order valence-electron chi connectivity index (χ3n) is 5.93. The number of likely N-dealkylation sites (N-methyl/N-ethyl adjacent to an activating group) is 1. The van der Waals surface area contributed by atoms with E-state index in [0.717, 1.165) is 29.3 Å². The van der Waals surface area contributed by atoms with Crippen LogP contribution in [-0.4, -0.2) is 71.9 Å². The van der Waals surface area contributed by atoms with Crippen molar-refractivity contribution >= 4 is 28.7 Å². The van der Waals surface area contributed by atoms with Crippen LogP contribution in [0.1, 0.15) is 45.8 Å². The number of rotatable bonds is 9. The average Bonchev–Trinajstić information content (AvgIpc) is 3.24. The van der Waals surface area contributed by atoms with Crippen LogP contribution in [0.3, 0.4) is 0 Å². The van der Waals surface area contributed by atoms with Crippen LogP contribution in [0.4, 0.5) is 5.69 Å². The normalized spacial score (nSPS) is 16.4. The number of aryl methyl sites for hydroxylation is 2. The van der Waals surface area contributed by atoms with E-state index in [1.54, 1.807) is 11.8 Å². The molecule has 172 valence electrons. The summed E-state index contributed by atoms with van der Waals surface area (Å²) >= 11 is 1.29. The lowest BCUT2D eigenvalue weighted by atomic mass is 9.95. The van der Waals surface area contributed by atoms with Crippen LogP contribution >= 0.6 is 11.3 Å². The van der Waals surface area contributed by atoms with Crippen molar-refractivity contribution in [3.8, 4) is 0 Å². The van der Waals surface area contributed by atoms with Gasteiger partial charge in [0.25, 0.3) is 5.91 Å². The highest BCUT2D eigenvalue weighted by Gasteiger charge is 2.44. The quantitative estimate of drug-likeness (QED) is 0.579. The molecule has 0 saturated carbocycles. The third-order valence-corrected chi connectivity index (χ3v) is 7.01. The highest BCUT2D eigenvalue weighted by Crippen LogP contribution is 2.40. The Balaban J connectivity index is 2.05. The molecule has 0 saturated heterocycles. The Hall–Kier alpha value is -2.71. The predicted molar refractivity (Wildman–Crippen MR) is 129 cm³/mol. The second kappa shape index (κ2) is 9.83. The summed E-state index contributed by atoms with van der Waals surface area (Å²) in [5, 5.41) is 11.6. The molecule has 0 aliphatic carbocycles. The predicted octanol–water partition coefficient (Wildman–Crippen LogP) is 3.75. The molecule has 1 aromatic heterocycles. The van der Waals surface area contributed by atoms with E-state index in [-0.39, 0.29) is 11.4 Å². The minimum absolute atomic E-state index is 0.138. The molecule has 1 aromatic carbocycles. The van der Waals surface area contributed by atoms with Crippen LogP contribution in [0.2, 0.25) is 0 Å². The van der Waals surface area contributed by atoms with Crippen LogP contribution in [0.25, 0.3) is 0 Å². The molecule has 0 fully saturated rings. The van der Waals surface area contributed by atoms with E-state index in [9.17, 15) is 14.7 Å². The van der Waals surface area contributed by atoms with Crippen molar-refractivity contribution in [3.05, 3.63) is 56.7 Å². The maximum Gasteiger partial charge on any atom is 0.290 e. The first-order valence-corrected chi connectivity index (χ1v) is 11.7. The minimum Gasteiger partial charge on any atom is -0.503 e. The smallest absolute Gasteiger partial charge is 0.290 e. The average molecular weight is 457 g/mol. The van der Waals surface area contributed by atoms with Gasteiger partial charge in [-0.05, 0) is 44.6 Å². The molecular formula is C24H32N4O3S. The molecule has 1 unspecified atom stereocenters. The molecule has 0 bridgehead atoms. The first-order valence-electron chi connectivity index (χ1n) is 10.9. The summed E-state index contributed by atoms with van der Waals surface area (Å²) in [5.41, 5.74) is 2.57. The Morgan fingerprint density at radius 3 is 2.28 bits per heavy atom. The molecule has 8 heteroatoms. The van der Waals surface area contributed by atoms with Crippen molar-refractivity contribution in [1.82, 2.24) is 14.8 Å². The van der Waals surface area contributed by atoms with E-state index in [1.807, 2.05) is 50.2 Å². The SMILES string of the molecule is CCN(CC)CCN1C(=O)C(O)=C(C(=O)c2sc(C)nc2C)C1c1ccc(N(C)C)cc1. The summed E-state index contributed by atoms with van der Waals surface area (Å²) in [4.78, 5) is 37.3.